The van der Waals surface area contributed by atoms with Crippen molar-refractivity contribution in [2.45, 2.75) is 58.5 Å². The van der Waals surface area contributed by atoms with E-state index < -0.39 is 0 Å². The van der Waals surface area contributed by atoms with E-state index in [2.05, 4.69) is 51.4 Å². The van der Waals surface area contributed by atoms with Gasteiger partial charge in [-0.05, 0) is 36.5 Å². The zero-order chi connectivity index (χ0) is 16.0. The van der Waals surface area contributed by atoms with Gasteiger partial charge >= 0.3 is 0 Å². The average Bonchev–Trinajstić information content (AvgIpc) is 3.25. The summed E-state index contributed by atoms with van der Waals surface area (Å²) in [4.78, 5) is 8.63. The van der Waals surface area contributed by atoms with E-state index in [0.29, 0.717) is 23.6 Å². The molecule has 2 aliphatic rings. The number of fused-ring (bicyclic) bond motifs is 2. The Hall–Kier alpha value is -1.76. The van der Waals surface area contributed by atoms with Gasteiger partial charge in [-0.15, -0.1) is 0 Å². The molecular weight excluding hydrogens is 292 g/mol. The lowest BCUT2D eigenvalue weighted by molar-refractivity contribution is 0.177. The van der Waals surface area contributed by atoms with Gasteiger partial charge in [0, 0.05) is 6.04 Å². The number of aromatic amines is 1. The van der Waals surface area contributed by atoms with Gasteiger partial charge in [-0.25, -0.2) is 4.98 Å². The largest absolute Gasteiger partial charge is 0.337 e. The Kier molecular flexibility index (Phi) is 3.48. The Bertz CT molecular complexity index is 658. The van der Waals surface area contributed by atoms with Crippen molar-refractivity contribution in [3.63, 3.8) is 0 Å². The van der Waals surface area contributed by atoms with Crippen LogP contribution in [0.15, 0.2) is 10.9 Å². The van der Waals surface area contributed by atoms with Gasteiger partial charge in [-0.1, -0.05) is 32.3 Å². The molecule has 124 valence electrons. The molecule has 2 aromatic heterocycles. The van der Waals surface area contributed by atoms with Crippen LogP contribution in [0.3, 0.4) is 0 Å². The summed E-state index contributed by atoms with van der Waals surface area (Å²) in [5, 5.41) is 14.5. The predicted octanol–water partition coefficient (Wildman–Crippen LogP) is 2.72. The molecule has 2 fully saturated rings. The molecule has 7 nitrogen and oxygen atoms in total. The summed E-state index contributed by atoms with van der Waals surface area (Å²) in [6, 6.07) is 0.606. The van der Waals surface area contributed by atoms with E-state index >= 15 is 0 Å². The van der Waals surface area contributed by atoms with Crippen molar-refractivity contribution < 1.29 is 4.52 Å². The maximum Gasteiger partial charge on any atom is 0.244 e. The smallest absolute Gasteiger partial charge is 0.244 e. The molecule has 7 heteroatoms. The highest BCUT2D eigenvalue weighted by Gasteiger charge is 2.43. The molecule has 0 radical (unpaired) electrons. The van der Waals surface area contributed by atoms with Crippen LogP contribution in [0.25, 0.3) is 11.6 Å². The van der Waals surface area contributed by atoms with Crippen LogP contribution in [0, 0.1) is 17.3 Å². The first-order chi connectivity index (χ1) is 11.0. The number of nitrogens with one attached hydrogen (secondary N) is 2. The Morgan fingerprint density at radius 3 is 2.78 bits per heavy atom. The maximum atomic E-state index is 5.56. The zero-order valence-corrected chi connectivity index (χ0v) is 13.9. The zero-order valence-electron chi connectivity index (χ0n) is 13.9. The topological polar surface area (TPSA) is 92.5 Å². The molecule has 0 aliphatic heterocycles. The van der Waals surface area contributed by atoms with Crippen molar-refractivity contribution in [3.8, 4) is 11.6 Å². The molecule has 23 heavy (non-hydrogen) atoms. The van der Waals surface area contributed by atoms with Crippen molar-refractivity contribution in [3.05, 3.63) is 12.2 Å². The fourth-order valence-electron chi connectivity index (χ4n) is 4.12. The Morgan fingerprint density at radius 2 is 2.17 bits per heavy atom. The van der Waals surface area contributed by atoms with Gasteiger partial charge in [-0.2, -0.15) is 10.1 Å². The predicted molar refractivity (Wildman–Crippen MR) is 84.2 cm³/mol. The van der Waals surface area contributed by atoms with E-state index in [-0.39, 0.29) is 11.5 Å². The van der Waals surface area contributed by atoms with Gasteiger partial charge in [-0.3, -0.25) is 5.10 Å². The molecule has 0 amide bonds. The molecule has 4 atom stereocenters. The van der Waals surface area contributed by atoms with E-state index in [0.717, 1.165) is 11.8 Å². The van der Waals surface area contributed by atoms with Crippen molar-refractivity contribution in [1.29, 1.82) is 0 Å². The van der Waals surface area contributed by atoms with E-state index in [1.54, 1.807) is 0 Å². The van der Waals surface area contributed by atoms with E-state index in [1.165, 1.54) is 32.0 Å². The van der Waals surface area contributed by atoms with Crippen LogP contribution in [0.1, 0.15) is 58.4 Å². The maximum absolute atomic E-state index is 5.56. The van der Waals surface area contributed by atoms with Gasteiger partial charge < -0.3 is 9.84 Å². The first-order valence-electron chi connectivity index (χ1n) is 8.46. The minimum atomic E-state index is -0.00689. The second-order valence-corrected chi connectivity index (χ2v) is 8.04. The Labute approximate surface area is 135 Å². The summed E-state index contributed by atoms with van der Waals surface area (Å²) >= 11 is 0. The second-order valence-electron chi connectivity index (χ2n) is 8.04. The summed E-state index contributed by atoms with van der Waals surface area (Å²) in [6.45, 7) is 6.61. The summed E-state index contributed by atoms with van der Waals surface area (Å²) in [6.07, 6.45) is 6.85. The highest BCUT2D eigenvalue weighted by atomic mass is 16.5. The lowest BCUT2D eigenvalue weighted by Gasteiger charge is -2.34. The summed E-state index contributed by atoms with van der Waals surface area (Å²) < 4.78 is 5.56. The molecular formula is C16H24N6O. The van der Waals surface area contributed by atoms with Gasteiger partial charge in [0.15, 0.2) is 5.82 Å². The molecule has 2 aromatic rings. The van der Waals surface area contributed by atoms with E-state index in [4.69, 9.17) is 4.52 Å². The van der Waals surface area contributed by atoms with Crippen LogP contribution in [0.2, 0.25) is 0 Å². The highest BCUT2D eigenvalue weighted by molar-refractivity contribution is 5.39. The van der Waals surface area contributed by atoms with Crippen LogP contribution >= 0.6 is 0 Å². The van der Waals surface area contributed by atoms with Crippen molar-refractivity contribution >= 4 is 0 Å². The quantitative estimate of drug-likeness (QED) is 0.901. The molecule has 4 rings (SSSR count). The van der Waals surface area contributed by atoms with Crippen LogP contribution in [-0.2, 0) is 0 Å². The molecule has 2 saturated carbocycles. The molecule has 0 spiro atoms. The third kappa shape index (κ3) is 2.78. The van der Waals surface area contributed by atoms with Crippen LogP contribution < -0.4 is 5.32 Å². The lowest BCUT2D eigenvalue weighted by atomic mass is 9.84. The number of hydrogen-bond acceptors (Lipinski definition) is 6. The van der Waals surface area contributed by atoms with E-state index in [9.17, 15) is 0 Å². The molecule has 2 bridgehead atoms. The minimum Gasteiger partial charge on any atom is -0.337 e. The van der Waals surface area contributed by atoms with Gasteiger partial charge in [0.05, 0.1) is 6.04 Å². The summed E-state index contributed by atoms with van der Waals surface area (Å²) in [7, 11) is 0. The number of aromatic nitrogens is 5. The summed E-state index contributed by atoms with van der Waals surface area (Å²) in [5.41, 5.74) is -0.00689. The van der Waals surface area contributed by atoms with Crippen LogP contribution in [0.4, 0.5) is 0 Å². The lowest BCUT2D eigenvalue weighted by Crippen LogP contribution is -2.42. The number of rotatable bonds is 4. The van der Waals surface area contributed by atoms with Gasteiger partial charge in [0.1, 0.15) is 6.33 Å². The Balaban J connectivity index is 1.56. The molecule has 2 N–H and O–H groups in total. The van der Waals surface area contributed by atoms with Crippen molar-refractivity contribution in [2.24, 2.45) is 17.3 Å². The molecule has 4 unspecified atom stereocenters. The van der Waals surface area contributed by atoms with E-state index in [1.807, 2.05) is 0 Å². The standard InChI is InChI=1S/C16H24N6O/c1-16(2,3)12(19-11-7-9-4-5-10(11)6-9)15-20-14(22-23-15)13-17-8-18-21-13/h8-12,19H,4-7H2,1-3H3,(H,17,18,21). The minimum absolute atomic E-state index is 0.00689. The second kappa shape index (κ2) is 5.40. The fourth-order valence-corrected chi connectivity index (χ4v) is 4.12. The number of nitrogens with zero attached hydrogens (tertiary/aromatic N) is 4. The third-order valence-electron chi connectivity index (χ3n) is 5.30. The molecule has 2 aliphatic carbocycles. The first-order valence-corrected chi connectivity index (χ1v) is 8.46. The summed E-state index contributed by atoms with van der Waals surface area (Å²) in [5.74, 6) is 3.34. The molecule has 2 heterocycles. The van der Waals surface area contributed by atoms with Crippen LogP contribution in [0.5, 0.6) is 0 Å². The third-order valence-corrected chi connectivity index (χ3v) is 5.30. The fraction of sp³-hybridized carbons (Fsp3) is 0.750. The normalized spacial score (nSPS) is 28.4. The average molecular weight is 316 g/mol. The Morgan fingerprint density at radius 1 is 1.30 bits per heavy atom. The van der Waals surface area contributed by atoms with Gasteiger partial charge in [0.2, 0.25) is 11.7 Å². The SMILES string of the molecule is CC(C)(C)C(NC1CC2CCC1C2)c1nc(-c2ncn[nH]2)no1. The van der Waals surface area contributed by atoms with Crippen molar-refractivity contribution in [2.75, 3.05) is 0 Å². The monoisotopic (exact) mass is 316 g/mol. The highest BCUT2D eigenvalue weighted by Crippen LogP contribution is 2.46. The number of hydrogen-bond donors (Lipinski definition) is 2. The first kappa shape index (κ1) is 14.8. The molecule has 0 saturated heterocycles. The molecule has 0 aromatic carbocycles. The number of H-pyrrole nitrogens is 1. The van der Waals surface area contributed by atoms with Crippen molar-refractivity contribution in [1.82, 2.24) is 30.6 Å². The van der Waals surface area contributed by atoms with Crippen LogP contribution in [-0.4, -0.2) is 31.4 Å². The van der Waals surface area contributed by atoms with Gasteiger partial charge in [0.25, 0.3) is 0 Å².